The lowest BCUT2D eigenvalue weighted by Crippen LogP contribution is -2.30. The van der Waals surface area contributed by atoms with Crippen LogP contribution >= 0.6 is 0 Å². The van der Waals surface area contributed by atoms with Crippen molar-refractivity contribution in [3.05, 3.63) is 89.1 Å². The van der Waals surface area contributed by atoms with Crippen molar-refractivity contribution in [2.45, 2.75) is 46.4 Å². The number of nitrogens with one attached hydrogen (secondary N) is 1. The minimum absolute atomic E-state index is 0.0586. The zero-order valence-corrected chi connectivity index (χ0v) is 16.7. The van der Waals surface area contributed by atoms with Crippen molar-refractivity contribution >= 4 is 5.91 Å². The molecule has 146 valence electrons. The number of hydrogen-bond donors (Lipinski definition) is 1. The molecule has 1 heterocycles. The molecule has 3 rings (SSSR count). The summed E-state index contributed by atoms with van der Waals surface area (Å²) in [6.07, 6.45) is 1.43. The molecule has 3 aromatic rings. The molecule has 1 amide bonds. The van der Waals surface area contributed by atoms with Crippen molar-refractivity contribution in [2.24, 2.45) is 0 Å². The summed E-state index contributed by atoms with van der Waals surface area (Å²) in [5.74, 6) is 0.330. The van der Waals surface area contributed by atoms with Crippen LogP contribution in [0.3, 0.4) is 0 Å². The molecule has 0 saturated carbocycles. The molecule has 0 fully saturated rings. The van der Waals surface area contributed by atoms with Crippen molar-refractivity contribution in [3.63, 3.8) is 0 Å². The van der Waals surface area contributed by atoms with Crippen molar-refractivity contribution in [1.82, 2.24) is 15.2 Å². The maximum Gasteiger partial charge on any atom is 0.273 e. The molecular formula is C23H27N3O2. The van der Waals surface area contributed by atoms with Gasteiger partial charge in [0.15, 0.2) is 5.69 Å². The fourth-order valence-corrected chi connectivity index (χ4v) is 3.05. The number of rotatable bonds is 8. The standard InChI is InChI=1S/C23H27N3O2/c1-17(2)24-23(27)21-16-28-22(25-21)15-26(13-19-10-5-4-6-11-19)14-20-12-8-7-9-18(20)3/h4-12,16-17H,13-15H2,1-3H3,(H,24,27). The third kappa shape index (κ3) is 5.54. The van der Waals surface area contributed by atoms with Crippen LogP contribution in [0.4, 0.5) is 0 Å². The average molecular weight is 377 g/mol. The summed E-state index contributed by atoms with van der Waals surface area (Å²) in [4.78, 5) is 18.8. The number of oxazole rings is 1. The summed E-state index contributed by atoms with van der Waals surface area (Å²) in [7, 11) is 0. The van der Waals surface area contributed by atoms with E-state index >= 15 is 0 Å². The number of benzene rings is 2. The maximum absolute atomic E-state index is 12.1. The summed E-state index contributed by atoms with van der Waals surface area (Å²) in [6, 6.07) is 18.8. The molecule has 28 heavy (non-hydrogen) atoms. The normalized spacial score (nSPS) is 11.2. The van der Waals surface area contributed by atoms with Crippen LogP contribution in [0.1, 0.15) is 46.9 Å². The molecule has 0 aliphatic carbocycles. The lowest BCUT2D eigenvalue weighted by Gasteiger charge is -2.22. The van der Waals surface area contributed by atoms with Crippen LogP contribution in [0, 0.1) is 6.92 Å². The summed E-state index contributed by atoms with van der Waals surface area (Å²) in [6.45, 7) is 8.03. The number of nitrogens with zero attached hydrogens (tertiary/aromatic N) is 2. The fraction of sp³-hybridized carbons (Fsp3) is 0.304. The highest BCUT2D eigenvalue weighted by Crippen LogP contribution is 2.16. The van der Waals surface area contributed by atoms with Crippen molar-refractivity contribution in [1.29, 1.82) is 0 Å². The fourth-order valence-electron chi connectivity index (χ4n) is 3.05. The quantitative estimate of drug-likeness (QED) is 0.635. The second kappa shape index (κ2) is 9.33. The van der Waals surface area contributed by atoms with E-state index in [4.69, 9.17) is 4.42 Å². The van der Waals surface area contributed by atoms with E-state index in [1.165, 1.54) is 23.0 Å². The smallest absolute Gasteiger partial charge is 0.273 e. The number of carbonyl (C=O) groups is 1. The van der Waals surface area contributed by atoms with Gasteiger partial charge in [0.1, 0.15) is 6.26 Å². The first-order chi connectivity index (χ1) is 13.5. The lowest BCUT2D eigenvalue weighted by atomic mass is 10.1. The van der Waals surface area contributed by atoms with Crippen molar-refractivity contribution < 1.29 is 9.21 Å². The van der Waals surface area contributed by atoms with Crippen LogP contribution in [-0.2, 0) is 19.6 Å². The predicted octanol–water partition coefficient (Wildman–Crippen LogP) is 4.32. The summed E-state index contributed by atoms with van der Waals surface area (Å²) in [5, 5.41) is 2.84. The molecule has 0 atom stereocenters. The third-order valence-electron chi connectivity index (χ3n) is 4.47. The number of amides is 1. The lowest BCUT2D eigenvalue weighted by molar-refractivity contribution is 0.0938. The zero-order valence-electron chi connectivity index (χ0n) is 16.7. The molecule has 0 spiro atoms. The van der Waals surface area contributed by atoms with Gasteiger partial charge >= 0.3 is 0 Å². The number of aromatic nitrogens is 1. The van der Waals surface area contributed by atoms with Crippen LogP contribution < -0.4 is 5.32 Å². The Labute approximate surface area is 166 Å². The first kappa shape index (κ1) is 19.8. The summed E-state index contributed by atoms with van der Waals surface area (Å²) in [5.41, 5.74) is 4.06. The SMILES string of the molecule is Cc1ccccc1CN(Cc1ccccc1)Cc1nc(C(=O)NC(C)C)co1. The molecule has 1 aromatic heterocycles. The topological polar surface area (TPSA) is 58.4 Å². The van der Waals surface area contributed by atoms with E-state index in [1.54, 1.807) is 0 Å². The van der Waals surface area contributed by atoms with Crippen molar-refractivity contribution in [3.8, 4) is 0 Å². The van der Waals surface area contributed by atoms with Gasteiger partial charge in [-0.1, -0.05) is 54.6 Å². The molecule has 0 unspecified atom stereocenters. The Bertz CT molecular complexity index is 903. The minimum atomic E-state index is -0.210. The van der Waals surface area contributed by atoms with Crippen LogP contribution in [0.5, 0.6) is 0 Å². The zero-order chi connectivity index (χ0) is 19.9. The van der Waals surface area contributed by atoms with E-state index in [0.29, 0.717) is 18.1 Å². The molecule has 0 aliphatic rings. The van der Waals surface area contributed by atoms with Crippen LogP contribution in [0.25, 0.3) is 0 Å². The average Bonchev–Trinajstić information content (AvgIpc) is 3.12. The molecule has 0 bridgehead atoms. The first-order valence-electron chi connectivity index (χ1n) is 9.57. The van der Waals surface area contributed by atoms with Crippen LogP contribution in [-0.4, -0.2) is 21.8 Å². The Kier molecular flexibility index (Phi) is 6.61. The van der Waals surface area contributed by atoms with Gasteiger partial charge in [-0.25, -0.2) is 4.98 Å². The molecule has 0 radical (unpaired) electrons. The number of hydrogen-bond acceptors (Lipinski definition) is 4. The maximum atomic E-state index is 12.1. The van der Waals surface area contributed by atoms with E-state index < -0.39 is 0 Å². The Hall–Kier alpha value is -2.92. The van der Waals surface area contributed by atoms with E-state index in [2.05, 4.69) is 52.5 Å². The van der Waals surface area contributed by atoms with Gasteiger partial charge in [0.25, 0.3) is 5.91 Å². The predicted molar refractivity (Wildman–Crippen MR) is 110 cm³/mol. The van der Waals surface area contributed by atoms with Crippen LogP contribution in [0.2, 0.25) is 0 Å². The third-order valence-corrected chi connectivity index (χ3v) is 4.47. The van der Waals surface area contributed by atoms with E-state index in [1.807, 2.05) is 38.1 Å². The van der Waals surface area contributed by atoms with E-state index in [9.17, 15) is 4.79 Å². The Morgan fingerprint density at radius 1 is 1.04 bits per heavy atom. The molecule has 1 N–H and O–H groups in total. The Balaban J connectivity index is 1.76. The molecule has 0 saturated heterocycles. The number of carbonyl (C=O) groups excluding carboxylic acids is 1. The van der Waals surface area contributed by atoms with E-state index in [-0.39, 0.29) is 11.9 Å². The second-order valence-corrected chi connectivity index (χ2v) is 7.31. The van der Waals surface area contributed by atoms with Gasteiger partial charge in [0.2, 0.25) is 5.89 Å². The summed E-state index contributed by atoms with van der Waals surface area (Å²) < 4.78 is 5.59. The van der Waals surface area contributed by atoms with Gasteiger partial charge in [0.05, 0.1) is 6.54 Å². The van der Waals surface area contributed by atoms with Crippen LogP contribution in [0.15, 0.2) is 65.3 Å². The molecule has 0 aliphatic heterocycles. The van der Waals surface area contributed by atoms with Gasteiger partial charge in [-0.2, -0.15) is 0 Å². The van der Waals surface area contributed by atoms with Gasteiger partial charge in [-0.05, 0) is 37.5 Å². The number of aryl methyl sites for hydroxylation is 1. The highest BCUT2D eigenvalue weighted by atomic mass is 16.3. The first-order valence-corrected chi connectivity index (χ1v) is 9.57. The minimum Gasteiger partial charge on any atom is -0.447 e. The van der Waals surface area contributed by atoms with Gasteiger partial charge < -0.3 is 9.73 Å². The Morgan fingerprint density at radius 2 is 1.75 bits per heavy atom. The monoisotopic (exact) mass is 377 g/mol. The largest absolute Gasteiger partial charge is 0.447 e. The molecular weight excluding hydrogens is 350 g/mol. The summed E-state index contributed by atoms with van der Waals surface area (Å²) >= 11 is 0. The molecule has 5 nitrogen and oxygen atoms in total. The Morgan fingerprint density at radius 3 is 2.46 bits per heavy atom. The van der Waals surface area contributed by atoms with Gasteiger partial charge in [-0.15, -0.1) is 0 Å². The molecule has 5 heteroatoms. The van der Waals surface area contributed by atoms with Gasteiger partial charge in [-0.3, -0.25) is 9.69 Å². The van der Waals surface area contributed by atoms with Gasteiger partial charge in [0, 0.05) is 19.1 Å². The molecule has 2 aromatic carbocycles. The second-order valence-electron chi connectivity index (χ2n) is 7.31. The highest BCUT2D eigenvalue weighted by Gasteiger charge is 2.16. The highest BCUT2D eigenvalue weighted by molar-refractivity contribution is 5.92. The van der Waals surface area contributed by atoms with Crippen molar-refractivity contribution in [2.75, 3.05) is 0 Å². The van der Waals surface area contributed by atoms with E-state index in [0.717, 1.165) is 13.1 Å².